The van der Waals surface area contributed by atoms with Gasteiger partial charge in [-0.1, -0.05) is 82.2 Å². The smallest absolute Gasteiger partial charge is 0.337 e. The summed E-state index contributed by atoms with van der Waals surface area (Å²) in [5.74, 6) is -0.318. The summed E-state index contributed by atoms with van der Waals surface area (Å²) < 4.78 is 1.37. The number of piperidine rings is 1. The van der Waals surface area contributed by atoms with Crippen molar-refractivity contribution in [2.24, 2.45) is 17.3 Å². The van der Waals surface area contributed by atoms with E-state index in [4.69, 9.17) is 0 Å². The van der Waals surface area contributed by atoms with Gasteiger partial charge in [0.1, 0.15) is 0 Å². The van der Waals surface area contributed by atoms with E-state index in [0.29, 0.717) is 36.6 Å². The maximum atomic E-state index is 13.6. The number of amides is 1. The van der Waals surface area contributed by atoms with E-state index in [9.17, 15) is 24.6 Å². The van der Waals surface area contributed by atoms with Crippen LogP contribution in [0.3, 0.4) is 0 Å². The van der Waals surface area contributed by atoms with E-state index in [1.807, 2.05) is 23.1 Å². The molecule has 3 aliphatic rings. The van der Waals surface area contributed by atoms with Gasteiger partial charge >= 0.3 is 5.97 Å². The van der Waals surface area contributed by atoms with Crippen LogP contribution in [-0.4, -0.2) is 50.2 Å². The van der Waals surface area contributed by atoms with Crippen LogP contribution in [0.1, 0.15) is 87.9 Å². The molecule has 0 radical (unpaired) electrons. The Kier molecular flexibility index (Phi) is 7.99. The van der Waals surface area contributed by atoms with Crippen LogP contribution in [0.5, 0.6) is 0 Å². The Morgan fingerprint density at radius 2 is 1.72 bits per heavy atom. The molecular formula is C32H42N2O5. The molecule has 1 aliphatic heterocycles. The fourth-order valence-corrected chi connectivity index (χ4v) is 7.63. The van der Waals surface area contributed by atoms with Crippen molar-refractivity contribution in [3.8, 4) is 11.1 Å². The molecule has 1 amide bonds. The summed E-state index contributed by atoms with van der Waals surface area (Å²) in [6.07, 6.45) is 12.5. The number of hydrogen-bond acceptors (Lipinski definition) is 4. The molecule has 2 N–H and O–H groups in total. The van der Waals surface area contributed by atoms with Crippen molar-refractivity contribution >= 4 is 11.9 Å². The Morgan fingerprint density at radius 1 is 1.03 bits per heavy atom. The van der Waals surface area contributed by atoms with Crippen molar-refractivity contribution in [3.63, 3.8) is 0 Å². The number of aromatic carboxylic acids is 1. The average Bonchev–Trinajstić information content (AvgIpc) is 3.42. The van der Waals surface area contributed by atoms with E-state index < -0.39 is 17.0 Å². The van der Waals surface area contributed by atoms with Crippen LogP contribution in [0.15, 0.2) is 47.4 Å². The lowest BCUT2D eigenvalue weighted by Gasteiger charge is -2.53. The second-order valence-electron chi connectivity index (χ2n) is 12.4. The summed E-state index contributed by atoms with van der Waals surface area (Å²) in [6, 6.07) is 10.4. The fourth-order valence-electron chi connectivity index (χ4n) is 7.63. The molecule has 2 atom stereocenters. The first-order valence-corrected chi connectivity index (χ1v) is 14.8. The van der Waals surface area contributed by atoms with Crippen LogP contribution in [0.4, 0.5) is 0 Å². The van der Waals surface area contributed by atoms with E-state index >= 15 is 0 Å². The Bertz CT molecular complexity index is 1240. The Morgan fingerprint density at radius 3 is 2.38 bits per heavy atom. The van der Waals surface area contributed by atoms with Crippen LogP contribution >= 0.6 is 0 Å². The fraction of sp³-hybridized carbons (Fsp3) is 0.594. The SMILES string of the molecule is CC(CC1CCCCC1)C(=O)N1CC[C@](O)(Cn2cc(C(=O)O)c(-c3ccccc3)cc2=O)C2(CCCC2)C1. The Labute approximate surface area is 230 Å². The van der Waals surface area contributed by atoms with Crippen molar-refractivity contribution in [2.45, 2.75) is 89.7 Å². The average molecular weight is 535 g/mol. The number of likely N-dealkylation sites (tertiary alicyclic amines) is 1. The van der Waals surface area contributed by atoms with Crippen molar-refractivity contribution in [2.75, 3.05) is 13.1 Å². The summed E-state index contributed by atoms with van der Waals surface area (Å²) in [5.41, 5.74) is -0.944. The summed E-state index contributed by atoms with van der Waals surface area (Å²) in [7, 11) is 0. The zero-order chi connectivity index (χ0) is 27.6. The molecular weight excluding hydrogens is 492 g/mol. The maximum absolute atomic E-state index is 13.6. The third-order valence-corrected chi connectivity index (χ3v) is 9.85. The number of aliphatic hydroxyl groups is 1. The van der Waals surface area contributed by atoms with Gasteiger partial charge in [-0.05, 0) is 37.2 Å². The van der Waals surface area contributed by atoms with Crippen LogP contribution in [-0.2, 0) is 11.3 Å². The highest BCUT2D eigenvalue weighted by Gasteiger charge is 2.55. The van der Waals surface area contributed by atoms with E-state index in [2.05, 4.69) is 6.92 Å². The molecule has 1 aromatic carbocycles. The molecule has 1 unspecified atom stereocenters. The third-order valence-electron chi connectivity index (χ3n) is 9.85. The first-order chi connectivity index (χ1) is 18.7. The molecule has 2 saturated carbocycles. The highest BCUT2D eigenvalue weighted by Crippen LogP contribution is 2.52. The third kappa shape index (κ3) is 5.56. The van der Waals surface area contributed by atoms with Crippen LogP contribution in [0.2, 0.25) is 0 Å². The summed E-state index contributed by atoms with van der Waals surface area (Å²) >= 11 is 0. The van der Waals surface area contributed by atoms with Crippen molar-refractivity contribution in [1.82, 2.24) is 9.47 Å². The first kappa shape index (κ1) is 27.6. The lowest BCUT2D eigenvalue weighted by Crippen LogP contribution is -2.62. The van der Waals surface area contributed by atoms with E-state index in [1.54, 1.807) is 12.1 Å². The number of carbonyl (C=O) groups is 2. The maximum Gasteiger partial charge on any atom is 0.337 e. The van der Waals surface area contributed by atoms with Gasteiger partial charge in [-0.25, -0.2) is 4.79 Å². The van der Waals surface area contributed by atoms with Crippen molar-refractivity contribution in [3.05, 3.63) is 58.5 Å². The topological polar surface area (TPSA) is 99.8 Å². The molecule has 7 nitrogen and oxygen atoms in total. The molecule has 0 bridgehead atoms. The second-order valence-corrected chi connectivity index (χ2v) is 12.4. The molecule has 2 aromatic rings. The molecule has 1 aromatic heterocycles. The monoisotopic (exact) mass is 534 g/mol. The zero-order valence-corrected chi connectivity index (χ0v) is 23.1. The van der Waals surface area contributed by atoms with Gasteiger partial charge in [-0.15, -0.1) is 0 Å². The normalized spacial score (nSPS) is 24.1. The van der Waals surface area contributed by atoms with Crippen LogP contribution in [0, 0.1) is 17.3 Å². The minimum absolute atomic E-state index is 0.0241. The van der Waals surface area contributed by atoms with Gasteiger partial charge in [-0.3, -0.25) is 9.59 Å². The van der Waals surface area contributed by atoms with Gasteiger partial charge in [0, 0.05) is 42.2 Å². The molecule has 1 spiro atoms. The van der Waals surface area contributed by atoms with Crippen molar-refractivity contribution < 1.29 is 19.8 Å². The lowest BCUT2D eigenvalue weighted by atomic mass is 9.65. The number of aromatic nitrogens is 1. The Balaban J connectivity index is 1.38. The number of benzene rings is 1. The van der Waals surface area contributed by atoms with Gasteiger partial charge in [0.05, 0.1) is 17.7 Å². The number of nitrogens with zero attached hydrogens (tertiary/aromatic N) is 2. The molecule has 210 valence electrons. The van der Waals surface area contributed by atoms with E-state index in [0.717, 1.165) is 32.1 Å². The standard InChI is InChI=1S/C32H42N2O5/c1-23(18-24-10-4-2-5-11-24)29(36)33-17-16-32(39,31(21-33)14-8-9-15-31)22-34-20-27(30(37)38)26(19-28(34)35)25-12-6-3-7-13-25/h3,6-7,12-13,19-20,23-24,39H,2,4-5,8-11,14-18,21-22H2,1H3,(H,37,38)/t23?,32-/m0/s1. The molecule has 3 fully saturated rings. The molecule has 1 saturated heterocycles. The van der Waals surface area contributed by atoms with Gasteiger partial charge in [0.15, 0.2) is 0 Å². The number of pyridine rings is 1. The molecule has 5 rings (SSSR count). The number of carboxylic acid groups (broad SMARTS) is 1. The van der Waals surface area contributed by atoms with E-state index in [1.165, 1.54) is 48.9 Å². The minimum Gasteiger partial charge on any atom is -0.478 e. The molecule has 2 heterocycles. The van der Waals surface area contributed by atoms with Crippen LogP contribution < -0.4 is 5.56 Å². The predicted molar refractivity (Wildman–Crippen MR) is 151 cm³/mol. The largest absolute Gasteiger partial charge is 0.478 e. The number of carbonyl (C=O) groups excluding carboxylic acids is 1. The quantitative estimate of drug-likeness (QED) is 0.499. The molecule has 2 aliphatic carbocycles. The number of carboxylic acids is 1. The first-order valence-electron chi connectivity index (χ1n) is 14.8. The summed E-state index contributed by atoms with van der Waals surface area (Å²) in [6.45, 7) is 3.04. The van der Waals surface area contributed by atoms with Gasteiger partial charge in [-0.2, -0.15) is 0 Å². The lowest BCUT2D eigenvalue weighted by molar-refractivity contribution is -0.163. The summed E-state index contributed by atoms with van der Waals surface area (Å²) in [4.78, 5) is 41.0. The number of hydrogen-bond donors (Lipinski definition) is 2. The van der Waals surface area contributed by atoms with Gasteiger partial charge < -0.3 is 19.7 Å². The van der Waals surface area contributed by atoms with Crippen LogP contribution in [0.25, 0.3) is 11.1 Å². The van der Waals surface area contributed by atoms with Gasteiger partial charge in [0.25, 0.3) is 5.56 Å². The highest BCUT2D eigenvalue weighted by molar-refractivity contribution is 5.95. The minimum atomic E-state index is -1.19. The second kappa shape index (κ2) is 11.3. The highest BCUT2D eigenvalue weighted by atomic mass is 16.4. The number of rotatable bonds is 7. The molecule has 39 heavy (non-hydrogen) atoms. The molecule has 7 heteroatoms. The zero-order valence-electron chi connectivity index (χ0n) is 23.1. The van der Waals surface area contributed by atoms with Gasteiger partial charge in [0.2, 0.25) is 5.91 Å². The predicted octanol–water partition coefficient (Wildman–Crippen LogP) is 5.34. The van der Waals surface area contributed by atoms with E-state index in [-0.39, 0.29) is 29.5 Å². The van der Waals surface area contributed by atoms with Crippen molar-refractivity contribution in [1.29, 1.82) is 0 Å². The summed E-state index contributed by atoms with van der Waals surface area (Å²) in [5, 5.41) is 22.1. The Hall–Kier alpha value is -2.93.